The Hall–Kier alpha value is -0.650. The van der Waals surface area contributed by atoms with Gasteiger partial charge in [0.15, 0.2) is 0 Å². The average molecular weight is 231 g/mol. The van der Waals surface area contributed by atoms with Gasteiger partial charge in [-0.25, -0.2) is 5.43 Å². The third-order valence-corrected chi connectivity index (χ3v) is 2.43. The minimum Gasteiger partial charge on any atom is -0.480 e. The van der Waals surface area contributed by atoms with E-state index in [4.69, 9.17) is 10.8 Å². The minimum absolute atomic E-state index is 0.506. The second-order valence-electron chi connectivity index (χ2n) is 3.95. The van der Waals surface area contributed by atoms with E-state index in [1.165, 1.54) is 12.8 Å². The van der Waals surface area contributed by atoms with Crippen LogP contribution in [0.15, 0.2) is 0 Å². The molecule has 5 heteroatoms. The van der Waals surface area contributed by atoms with Gasteiger partial charge >= 0.3 is 5.97 Å². The van der Waals surface area contributed by atoms with E-state index in [2.05, 4.69) is 17.8 Å². The maximum Gasteiger partial charge on any atom is 0.322 e. The first-order valence-corrected chi connectivity index (χ1v) is 6.13. The zero-order valence-corrected chi connectivity index (χ0v) is 10.2. The largest absolute Gasteiger partial charge is 0.480 e. The number of carboxylic acid groups (broad SMARTS) is 1. The smallest absolute Gasteiger partial charge is 0.322 e. The average Bonchev–Trinajstić information content (AvgIpc) is 2.26. The van der Waals surface area contributed by atoms with E-state index in [9.17, 15) is 4.79 Å². The van der Waals surface area contributed by atoms with Gasteiger partial charge in [-0.15, -0.1) is 0 Å². The molecule has 5 nitrogen and oxygen atoms in total. The topological polar surface area (TPSA) is 87.4 Å². The molecule has 1 unspecified atom stereocenters. The molecule has 0 spiro atoms. The number of hydrazine groups is 1. The van der Waals surface area contributed by atoms with Gasteiger partial charge in [0.05, 0.1) is 0 Å². The number of aliphatic carboxylic acids is 1. The van der Waals surface area contributed by atoms with Gasteiger partial charge in [0.25, 0.3) is 0 Å². The minimum atomic E-state index is -0.806. The molecule has 0 saturated carbocycles. The second-order valence-corrected chi connectivity index (χ2v) is 3.95. The van der Waals surface area contributed by atoms with E-state index in [1.807, 2.05) is 0 Å². The molecule has 0 aromatic rings. The molecule has 0 rings (SSSR count). The first-order chi connectivity index (χ1) is 7.72. The highest BCUT2D eigenvalue weighted by Gasteiger charge is 2.15. The molecule has 0 radical (unpaired) electrons. The van der Waals surface area contributed by atoms with E-state index >= 15 is 0 Å². The summed E-state index contributed by atoms with van der Waals surface area (Å²) in [5, 5.41) is 8.94. The molecule has 0 aliphatic rings. The quantitative estimate of drug-likeness (QED) is 0.313. The van der Waals surface area contributed by atoms with Gasteiger partial charge in [0.1, 0.15) is 6.04 Å². The van der Waals surface area contributed by atoms with Crippen LogP contribution in [0, 0.1) is 0 Å². The zero-order chi connectivity index (χ0) is 12.2. The lowest BCUT2D eigenvalue weighted by molar-refractivity contribution is -0.140. The lowest BCUT2D eigenvalue weighted by Crippen LogP contribution is -2.45. The van der Waals surface area contributed by atoms with Crippen LogP contribution in [0.1, 0.15) is 45.4 Å². The van der Waals surface area contributed by atoms with Gasteiger partial charge in [-0.1, -0.05) is 19.8 Å². The summed E-state index contributed by atoms with van der Waals surface area (Å²) in [5.74, 6) is -0.806. The molecule has 0 aliphatic heterocycles. The normalized spacial score (nSPS) is 12.6. The summed E-state index contributed by atoms with van der Waals surface area (Å²) in [6.07, 6.45) is 5.74. The SMILES string of the molecule is CCCCCNNC(CCCCN)C(=O)O. The summed E-state index contributed by atoms with van der Waals surface area (Å²) in [4.78, 5) is 10.9. The van der Waals surface area contributed by atoms with Gasteiger partial charge in [-0.3, -0.25) is 10.2 Å². The number of carbonyl (C=O) groups is 1. The second kappa shape index (κ2) is 10.9. The molecule has 1 atom stereocenters. The van der Waals surface area contributed by atoms with E-state index in [-0.39, 0.29) is 0 Å². The Kier molecular flexibility index (Phi) is 10.4. The molecule has 0 aromatic heterocycles. The van der Waals surface area contributed by atoms with Crippen molar-refractivity contribution in [2.45, 2.75) is 51.5 Å². The predicted molar refractivity (Wildman–Crippen MR) is 65.0 cm³/mol. The summed E-state index contributed by atoms with van der Waals surface area (Å²) >= 11 is 0. The molecule has 16 heavy (non-hydrogen) atoms. The number of unbranched alkanes of at least 4 members (excludes halogenated alkanes) is 3. The highest BCUT2D eigenvalue weighted by atomic mass is 16.4. The van der Waals surface area contributed by atoms with E-state index in [1.54, 1.807) is 0 Å². The Morgan fingerprint density at radius 3 is 2.62 bits per heavy atom. The van der Waals surface area contributed by atoms with Crippen LogP contribution in [0.2, 0.25) is 0 Å². The maximum absolute atomic E-state index is 10.9. The molecule has 0 fully saturated rings. The molecule has 0 heterocycles. The van der Waals surface area contributed by atoms with Crippen molar-refractivity contribution in [3.05, 3.63) is 0 Å². The monoisotopic (exact) mass is 231 g/mol. The van der Waals surface area contributed by atoms with Gasteiger partial charge in [0.2, 0.25) is 0 Å². The van der Waals surface area contributed by atoms with E-state index in [0.29, 0.717) is 13.0 Å². The molecule has 0 aliphatic carbocycles. The number of nitrogens with one attached hydrogen (secondary N) is 2. The number of hydrogen-bond acceptors (Lipinski definition) is 4. The van der Waals surface area contributed by atoms with Crippen LogP contribution in [-0.2, 0) is 4.79 Å². The summed E-state index contributed by atoms with van der Waals surface area (Å²) in [6, 6.07) is -0.506. The Labute approximate surface area is 97.8 Å². The Balaban J connectivity index is 3.56. The maximum atomic E-state index is 10.9. The highest BCUT2D eigenvalue weighted by Crippen LogP contribution is 1.99. The molecule has 0 amide bonds. The van der Waals surface area contributed by atoms with Crippen LogP contribution in [0.5, 0.6) is 0 Å². The fourth-order valence-corrected chi connectivity index (χ4v) is 1.41. The van der Waals surface area contributed by atoms with Gasteiger partial charge < -0.3 is 10.8 Å². The molecular weight excluding hydrogens is 206 g/mol. The van der Waals surface area contributed by atoms with Crippen molar-refractivity contribution >= 4 is 5.97 Å². The molecular formula is C11H25N3O2. The number of rotatable bonds is 11. The summed E-state index contributed by atoms with van der Waals surface area (Å²) < 4.78 is 0. The van der Waals surface area contributed by atoms with E-state index in [0.717, 1.165) is 25.8 Å². The van der Waals surface area contributed by atoms with Crippen LogP contribution >= 0.6 is 0 Å². The highest BCUT2D eigenvalue weighted by molar-refractivity contribution is 5.73. The third-order valence-electron chi connectivity index (χ3n) is 2.43. The van der Waals surface area contributed by atoms with Crippen LogP contribution < -0.4 is 16.6 Å². The molecule has 0 saturated heterocycles. The Bertz CT molecular complexity index is 177. The van der Waals surface area contributed by atoms with Crippen LogP contribution in [0.4, 0.5) is 0 Å². The van der Waals surface area contributed by atoms with Crippen LogP contribution in [0.25, 0.3) is 0 Å². The van der Waals surface area contributed by atoms with Gasteiger partial charge in [0, 0.05) is 6.54 Å². The van der Waals surface area contributed by atoms with Crippen LogP contribution in [0.3, 0.4) is 0 Å². The molecule has 0 aromatic carbocycles. The summed E-state index contributed by atoms with van der Waals surface area (Å²) in [6.45, 7) is 3.57. The van der Waals surface area contributed by atoms with Crippen molar-refractivity contribution in [2.24, 2.45) is 5.73 Å². The zero-order valence-electron chi connectivity index (χ0n) is 10.2. The summed E-state index contributed by atoms with van der Waals surface area (Å²) in [7, 11) is 0. The van der Waals surface area contributed by atoms with Crippen molar-refractivity contribution in [1.82, 2.24) is 10.9 Å². The van der Waals surface area contributed by atoms with Crippen molar-refractivity contribution in [3.63, 3.8) is 0 Å². The number of hydrogen-bond donors (Lipinski definition) is 4. The van der Waals surface area contributed by atoms with Gasteiger partial charge in [-0.2, -0.15) is 0 Å². The number of nitrogens with two attached hydrogens (primary N) is 1. The Morgan fingerprint density at radius 1 is 1.31 bits per heavy atom. The van der Waals surface area contributed by atoms with Crippen molar-refractivity contribution in [3.8, 4) is 0 Å². The summed E-state index contributed by atoms with van der Waals surface area (Å²) in [5.41, 5.74) is 11.2. The number of carboxylic acids is 1. The fraction of sp³-hybridized carbons (Fsp3) is 0.909. The lowest BCUT2D eigenvalue weighted by Gasteiger charge is -2.14. The van der Waals surface area contributed by atoms with Crippen molar-refractivity contribution in [2.75, 3.05) is 13.1 Å². The first kappa shape index (κ1) is 15.3. The standard InChI is InChI=1S/C11H25N3O2/c1-2-3-6-9-13-14-10(11(15)16)7-4-5-8-12/h10,13-14H,2-9,12H2,1H3,(H,15,16). The lowest BCUT2D eigenvalue weighted by atomic mass is 10.1. The third kappa shape index (κ3) is 8.64. The van der Waals surface area contributed by atoms with E-state index < -0.39 is 12.0 Å². The van der Waals surface area contributed by atoms with Crippen LogP contribution in [-0.4, -0.2) is 30.2 Å². The molecule has 96 valence electrons. The van der Waals surface area contributed by atoms with Crippen molar-refractivity contribution in [1.29, 1.82) is 0 Å². The molecule has 0 bridgehead atoms. The molecule has 5 N–H and O–H groups in total. The first-order valence-electron chi connectivity index (χ1n) is 6.13. The van der Waals surface area contributed by atoms with Gasteiger partial charge in [-0.05, 0) is 32.2 Å². The fourth-order valence-electron chi connectivity index (χ4n) is 1.41. The predicted octanol–water partition coefficient (Wildman–Crippen LogP) is 0.853. The Morgan fingerprint density at radius 2 is 2.06 bits per heavy atom. The van der Waals surface area contributed by atoms with Crippen molar-refractivity contribution < 1.29 is 9.90 Å².